The minimum atomic E-state index is -0.297. The number of hydrogen-bond donors (Lipinski definition) is 2. The average molecular weight is 373 g/mol. The Kier molecular flexibility index (Phi) is 5.78. The molecule has 1 heterocycles. The van der Waals surface area contributed by atoms with Gasteiger partial charge in [-0.3, -0.25) is 9.59 Å². The van der Waals surface area contributed by atoms with Gasteiger partial charge in [0.2, 0.25) is 5.91 Å². The van der Waals surface area contributed by atoms with Crippen LogP contribution in [-0.2, 0) is 11.3 Å². The first-order chi connectivity index (χ1) is 12.6. The Hall–Kier alpha value is -2.53. The van der Waals surface area contributed by atoms with Crippen LogP contribution in [0.2, 0.25) is 5.02 Å². The second kappa shape index (κ2) is 8.23. The first-order valence-corrected chi connectivity index (χ1v) is 9.04. The van der Waals surface area contributed by atoms with Crippen LogP contribution in [0.5, 0.6) is 5.75 Å². The summed E-state index contributed by atoms with van der Waals surface area (Å²) in [7, 11) is 0. The number of hydrogen-bond acceptors (Lipinski definition) is 3. The summed E-state index contributed by atoms with van der Waals surface area (Å²) in [4.78, 5) is 24.3. The number of ether oxygens (including phenoxy) is 1. The van der Waals surface area contributed by atoms with Crippen LogP contribution in [0.15, 0.2) is 42.5 Å². The SMILES string of the molecule is CCCOc1ccc(Cl)cc1CNC(=O)C[C@@H]1NC(=O)c2ccccc21. The number of nitrogens with one attached hydrogen (secondary N) is 2. The summed E-state index contributed by atoms with van der Waals surface area (Å²) in [6, 6.07) is 12.4. The van der Waals surface area contributed by atoms with Crippen molar-refractivity contribution in [2.24, 2.45) is 0 Å². The molecule has 2 aromatic carbocycles. The minimum absolute atomic E-state index is 0.136. The zero-order valence-electron chi connectivity index (χ0n) is 14.5. The molecule has 2 aromatic rings. The van der Waals surface area contributed by atoms with Gasteiger partial charge in [0, 0.05) is 22.7 Å². The number of benzene rings is 2. The summed E-state index contributed by atoms with van der Waals surface area (Å²) >= 11 is 6.06. The zero-order chi connectivity index (χ0) is 18.5. The Morgan fingerprint density at radius 3 is 2.88 bits per heavy atom. The molecule has 1 aliphatic heterocycles. The van der Waals surface area contributed by atoms with E-state index >= 15 is 0 Å². The predicted molar refractivity (Wildman–Crippen MR) is 100 cm³/mol. The Balaban J connectivity index is 1.62. The van der Waals surface area contributed by atoms with Gasteiger partial charge >= 0.3 is 0 Å². The Labute approximate surface area is 157 Å². The summed E-state index contributed by atoms with van der Waals surface area (Å²) in [5.41, 5.74) is 2.33. The van der Waals surface area contributed by atoms with Crippen molar-refractivity contribution in [3.63, 3.8) is 0 Å². The second-order valence-electron chi connectivity index (χ2n) is 6.19. The van der Waals surface area contributed by atoms with Crippen molar-refractivity contribution >= 4 is 23.4 Å². The highest BCUT2D eigenvalue weighted by atomic mass is 35.5. The third-order valence-electron chi connectivity index (χ3n) is 4.24. The van der Waals surface area contributed by atoms with Crippen LogP contribution in [0, 0.1) is 0 Å². The summed E-state index contributed by atoms with van der Waals surface area (Å²) in [6.45, 7) is 2.96. The van der Waals surface area contributed by atoms with Gasteiger partial charge in [0.1, 0.15) is 5.75 Å². The fraction of sp³-hybridized carbons (Fsp3) is 0.300. The van der Waals surface area contributed by atoms with Gasteiger partial charge in [-0.25, -0.2) is 0 Å². The molecule has 0 saturated heterocycles. The van der Waals surface area contributed by atoms with E-state index in [1.54, 1.807) is 18.2 Å². The molecule has 0 fully saturated rings. The van der Waals surface area contributed by atoms with E-state index in [2.05, 4.69) is 10.6 Å². The highest BCUT2D eigenvalue weighted by molar-refractivity contribution is 6.30. The Morgan fingerprint density at radius 1 is 1.27 bits per heavy atom. The summed E-state index contributed by atoms with van der Waals surface area (Å²) in [5, 5.41) is 6.33. The number of rotatable bonds is 7. The van der Waals surface area contributed by atoms with Gasteiger partial charge in [-0.1, -0.05) is 36.7 Å². The lowest BCUT2D eigenvalue weighted by atomic mass is 10.0. The highest BCUT2D eigenvalue weighted by Crippen LogP contribution is 2.27. The molecule has 2 amide bonds. The van der Waals surface area contributed by atoms with Gasteiger partial charge in [0.15, 0.2) is 0 Å². The average Bonchev–Trinajstić information content (AvgIpc) is 2.95. The van der Waals surface area contributed by atoms with Crippen LogP contribution < -0.4 is 15.4 Å². The molecular formula is C20H21ClN2O3. The molecule has 26 heavy (non-hydrogen) atoms. The number of fused-ring (bicyclic) bond motifs is 1. The lowest BCUT2D eigenvalue weighted by Gasteiger charge is -2.14. The Bertz CT molecular complexity index is 822. The van der Waals surface area contributed by atoms with E-state index in [0.717, 1.165) is 23.3 Å². The van der Waals surface area contributed by atoms with Gasteiger partial charge in [-0.2, -0.15) is 0 Å². The molecule has 1 atom stereocenters. The number of carbonyl (C=O) groups is 2. The summed E-state index contributed by atoms with van der Waals surface area (Å²) in [6.07, 6.45) is 1.09. The smallest absolute Gasteiger partial charge is 0.252 e. The largest absolute Gasteiger partial charge is 0.493 e. The van der Waals surface area contributed by atoms with Crippen LogP contribution in [0.25, 0.3) is 0 Å². The van der Waals surface area contributed by atoms with E-state index < -0.39 is 0 Å². The molecular weight excluding hydrogens is 352 g/mol. The molecule has 0 radical (unpaired) electrons. The van der Waals surface area contributed by atoms with Crippen molar-refractivity contribution in [1.29, 1.82) is 0 Å². The lowest BCUT2D eigenvalue weighted by molar-refractivity contribution is -0.121. The van der Waals surface area contributed by atoms with Crippen LogP contribution in [0.4, 0.5) is 0 Å². The van der Waals surface area contributed by atoms with Gasteiger partial charge in [0.05, 0.1) is 19.1 Å². The zero-order valence-corrected chi connectivity index (χ0v) is 15.3. The second-order valence-corrected chi connectivity index (χ2v) is 6.63. The fourth-order valence-electron chi connectivity index (χ4n) is 2.97. The van der Waals surface area contributed by atoms with Gasteiger partial charge < -0.3 is 15.4 Å². The van der Waals surface area contributed by atoms with Crippen LogP contribution >= 0.6 is 11.6 Å². The van der Waals surface area contributed by atoms with Crippen LogP contribution in [0.1, 0.15) is 47.3 Å². The maximum Gasteiger partial charge on any atom is 0.252 e. The Morgan fingerprint density at radius 2 is 2.08 bits per heavy atom. The van der Waals surface area contributed by atoms with E-state index in [4.69, 9.17) is 16.3 Å². The molecule has 136 valence electrons. The van der Waals surface area contributed by atoms with Crippen molar-refractivity contribution in [3.05, 3.63) is 64.2 Å². The minimum Gasteiger partial charge on any atom is -0.493 e. The van der Waals surface area contributed by atoms with Gasteiger partial charge in [0.25, 0.3) is 5.91 Å². The van der Waals surface area contributed by atoms with Crippen molar-refractivity contribution in [1.82, 2.24) is 10.6 Å². The fourth-order valence-corrected chi connectivity index (χ4v) is 3.17. The number of halogens is 1. The monoisotopic (exact) mass is 372 g/mol. The van der Waals surface area contributed by atoms with Gasteiger partial charge in [-0.15, -0.1) is 0 Å². The summed E-state index contributed by atoms with van der Waals surface area (Å²) in [5.74, 6) is 0.438. The van der Waals surface area contributed by atoms with Crippen molar-refractivity contribution in [2.45, 2.75) is 32.4 Å². The van der Waals surface area contributed by atoms with Crippen molar-refractivity contribution in [3.8, 4) is 5.75 Å². The first-order valence-electron chi connectivity index (χ1n) is 8.66. The molecule has 3 rings (SSSR count). The van der Waals surface area contributed by atoms with Crippen molar-refractivity contribution in [2.75, 3.05) is 6.61 Å². The molecule has 0 bridgehead atoms. The van der Waals surface area contributed by atoms with E-state index in [1.807, 2.05) is 31.2 Å². The molecule has 0 saturated carbocycles. The maximum absolute atomic E-state index is 12.4. The van der Waals surface area contributed by atoms with Crippen LogP contribution in [0.3, 0.4) is 0 Å². The normalized spacial score (nSPS) is 15.3. The van der Waals surface area contributed by atoms with E-state index in [1.165, 1.54) is 0 Å². The lowest BCUT2D eigenvalue weighted by Crippen LogP contribution is -2.28. The molecule has 2 N–H and O–H groups in total. The number of amides is 2. The van der Waals surface area contributed by atoms with Crippen LogP contribution in [-0.4, -0.2) is 18.4 Å². The molecule has 0 spiro atoms. The van der Waals surface area contributed by atoms with Crippen molar-refractivity contribution < 1.29 is 14.3 Å². The third-order valence-corrected chi connectivity index (χ3v) is 4.47. The third kappa shape index (κ3) is 4.17. The predicted octanol–water partition coefficient (Wildman–Crippen LogP) is 3.62. The van der Waals surface area contributed by atoms with E-state index in [-0.39, 0.29) is 24.3 Å². The summed E-state index contributed by atoms with van der Waals surface area (Å²) < 4.78 is 5.70. The maximum atomic E-state index is 12.4. The highest BCUT2D eigenvalue weighted by Gasteiger charge is 2.29. The molecule has 6 heteroatoms. The molecule has 5 nitrogen and oxygen atoms in total. The van der Waals surface area contributed by atoms with Gasteiger partial charge in [-0.05, 0) is 36.2 Å². The molecule has 1 aliphatic rings. The first kappa shape index (κ1) is 18.3. The standard InChI is InChI=1S/C20H21ClN2O3/c1-2-9-26-18-8-7-14(21)10-13(18)12-22-19(24)11-17-15-5-3-4-6-16(15)20(25)23-17/h3-8,10,17H,2,9,11-12H2,1H3,(H,22,24)(H,23,25)/t17-/m0/s1. The molecule has 0 unspecified atom stereocenters. The topological polar surface area (TPSA) is 67.4 Å². The van der Waals surface area contributed by atoms with E-state index in [0.29, 0.717) is 23.7 Å². The quantitative estimate of drug-likeness (QED) is 0.780. The molecule has 0 aliphatic carbocycles. The number of carbonyl (C=O) groups excluding carboxylic acids is 2. The van der Waals surface area contributed by atoms with E-state index in [9.17, 15) is 9.59 Å². The molecule has 0 aromatic heterocycles.